The molecule has 5 heteroatoms. The minimum absolute atomic E-state index is 0.112. The maximum atomic E-state index is 10.6. The van der Waals surface area contributed by atoms with Crippen molar-refractivity contribution in [2.75, 3.05) is 0 Å². The van der Waals surface area contributed by atoms with Crippen LogP contribution >= 0.6 is 0 Å². The average molecular weight is 362 g/mol. The van der Waals surface area contributed by atoms with E-state index < -0.39 is 18.2 Å². The van der Waals surface area contributed by atoms with Crippen LogP contribution in [0.2, 0.25) is 0 Å². The monoisotopic (exact) mass is 362 g/mol. The van der Waals surface area contributed by atoms with E-state index in [9.17, 15) is 15.0 Å². The number of aryl methyl sites for hydroxylation is 1. The van der Waals surface area contributed by atoms with Gasteiger partial charge < -0.3 is 20.1 Å². The summed E-state index contributed by atoms with van der Waals surface area (Å²) in [5, 5.41) is 28.6. The second-order valence-electron chi connectivity index (χ2n) is 7.98. The second kappa shape index (κ2) is 8.51. The van der Waals surface area contributed by atoms with Gasteiger partial charge >= 0.3 is 5.97 Å². The molecule has 2 bridgehead atoms. The van der Waals surface area contributed by atoms with Gasteiger partial charge in [0.2, 0.25) is 0 Å². The molecule has 26 heavy (non-hydrogen) atoms. The zero-order chi connectivity index (χ0) is 18.6. The molecule has 2 aliphatic rings. The lowest BCUT2D eigenvalue weighted by Gasteiger charge is -2.34. The van der Waals surface area contributed by atoms with Gasteiger partial charge in [0.25, 0.3) is 0 Å². The molecule has 1 aromatic carbocycles. The highest BCUT2D eigenvalue weighted by Crippen LogP contribution is 2.52. The summed E-state index contributed by atoms with van der Waals surface area (Å²) in [5.74, 6) is -0.528. The Kier molecular flexibility index (Phi) is 6.33. The quantitative estimate of drug-likeness (QED) is 0.596. The number of fused-ring (bicyclic) bond motifs is 2. The molecule has 0 amide bonds. The van der Waals surface area contributed by atoms with Crippen molar-refractivity contribution in [3.05, 3.63) is 35.9 Å². The Morgan fingerprint density at radius 2 is 2.00 bits per heavy atom. The van der Waals surface area contributed by atoms with Gasteiger partial charge in [-0.25, -0.2) is 0 Å². The number of aliphatic hydroxyl groups is 2. The first kappa shape index (κ1) is 19.3. The molecule has 0 aromatic heterocycles. The Morgan fingerprint density at radius 1 is 1.23 bits per heavy atom. The third kappa shape index (κ3) is 4.84. The zero-order valence-electron chi connectivity index (χ0n) is 15.2. The molecule has 5 atom stereocenters. The first-order chi connectivity index (χ1) is 12.5. The SMILES string of the molecule is O=C(O)C[C@H](O)C[C@H](O)CC[C@]12CC[C@H](C[C@H]1CCc1ccccc1)O2. The van der Waals surface area contributed by atoms with E-state index in [0.29, 0.717) is 18.4 Å². The molecule has 0 unspecified atom stereocenters. The van der Waals surface area contributed by atoms with Crippen molar-refractivity contribution in [3.63, 3.8) is 0 Å². The summed E-state index contributed by atoms with van der Waals surface area (Å²) in [6.45, 7) is 0. The number of rotatable bonds is 10. The van der Waals surface area contributed by atoms with E-state index >= 15 is 0 Å². The van der Waals surface area contributed by atoms with E-state index in [1.54, 1.807) is 0 Å². The molecule has 3 rings (SSSR count). The number of carboxylic acid groups (broad SMARTS) is 1. The summed E-state index contributed by atoms with van der Waals surface area (Å²) in [6, 6.07) is 10.5. The van der Waals surface area contributed by atoms with Gasteiger partial charge in [-0.15, -0.1) is 0 Å². The third-order valence-electron chi connectivity index (χ3n) is 6.06. The Labute approximate surface area is 155 Å². The minimum atomic E-state index is -1.04. The number of aliphatic carboxylic acids is 1. The van der Waals surface area contributed by atoms with Crippen LogP contribution in [0.25, 0.3) is 0 Å². The van der Waals surface area contributed by atoms with Crippen LogP contribution in [0, 0.1) is 5.92 Å². The summed E-state index contributed by atoms with van der Waals surface area (Å²) in [7, 11) is 0. The fourth-order valence-electron chi connectivity index (χ4n) is 4.74. The van der Waals surface area contributed by atoms with Crippen LogP contribution in [0.4, 0.5) is 0 Å². The number of carboxylic acids is 1. The Balaban J connectivity index is 1.50. The Hall–Kier alpha value is -1.43. The fraction of sp³-hybridized carbons (Fsp3) is 0.667. The van der Waals surface area contributed by atoms with E-state index in [4.69, 9.17) is 9.84 Å². The number of aliphatic hydroxyl groups excluding tert-OH is 2. The van der Waals surface area contributed by atoms with Crippen molar-refractivity contribution in [1.29, 1.82) is 0 Å². The molecule has 2 heterocycles. The summed E-state index contributed by atoms with van der Waals surface area (Å²) in [6.07, 6.45) is 5.18. The number of hydrogen-bond donors (Lipinski definition) is 3. The molecule has 0 spiro atoms. The van der Waals surface area contributed by atoms with Gasteiger partial charge in [0.05, 0.1) is 30.3 Å². The highest BCUT2D eigenvalue weighted by Gasteiger charge is 2.52. The third-order valence-corrected chi connectivity index (χ3v) is 6.06. The minimum Gasteiger partial charge on any atom is -0.481 e. The predicted octanol–water partition coefficient (Wildman–Crippen LogP) is 2.92. The van der Waals surface area contributed by atoms with Crippen LogP contribution in [-0.4, -0.2) is 45.2 Å². The van der Waals surface area contributed by atoms with Crippen molar-refractivity contribution in [2.24, 2.45) is 5.92 Å². The van der Waals surface area contributed by atoms with Crippen molar-refractivity contribution in [2.45, 2.75) is 81.7 Å². The molecule has 0 aliphatic carbocycles. The topological polar surface area (TPSA) is 87.0 Å². The molecule has 2 saturated heterocycles. The van der Waals surface area contributed by atoms with Gasteiger partial charge in [0.1, 0.15) is 0 Å². The molecule has 0 radical (unpaired) electrons. The number of hydrogen-bond acceptors (Lipinski definition) is 4. The molecule has 3 N–H and O–H groups in total. The van der Waals surface area contributed by atoms with Crippen molar-refractivity contribution >= 4 is 5.97 Å². The van der Waals surface area contributed by atoms with Gasteiger partial charge in [-0.2, -0.15) is 0 Å². The fourth-order valence-corrected chi connectivity index (χ4v) is 4.74. The van der Waals surface area contributed by atoms with Gasteiger partial charge in [-0.05, 0) is 62.8 Å². The van der Waals surface area contributed by atoms with Gasteiger partial charge in [0.15, 0.2) is 0 Å². The summed E-state index contributed by atoms with van der Waals surface area (Å²) in [5.41, 5.74) is 1.21. The molecule has 5 nitrogen and oxygen atoms in total. The lowest BCUT2D eigenvalue weighted by atomic mass is 9.73. The van der Waals surface area contributed by atoms with Gasteiger partial charge in [-0.1, -0.05) is 30.3 Å². The highest BCUT2D eigenvalue weighted by atomic mass is 16.5. The van der Waals surface area contributed by atoms with E-state index in [2.05, 4.69) is 24.3 Å². The van der Waals surface area contributed by atoms with E-state index in [-0.39, 0.29) is 18.4 Å². The van der Waals surface area contributed by atoms with Crippen molar-refractivity contribution in [1.82, 2.24) is 0 Å². The van der Waals surface area contributed by atoms with Gasteiger partial charge in [-0.3, -0.25) is 4.79 Å². The van der Waals surface area contributed by atoms with Crippen LogP contribution in [-0.2, 0) is 16.0 Å². The summed E-state index contributed by atoms with van der Waals surface area (Å²) < 4.78 is 6.31. The Morgan fingerprint density at radius 3 is 2.69 bits per heavy atom. The van der Waals surface area contributed by atoms with Gasteiger partial charge in [0, 0.05) is 0 Å². The van der Waals surface area contributed by atoms with Crippen molar-refractivity contribution < 1.29 is 24.9 Å². The smallest absolute Gasteiger partial charge is 0.305 e. The van der Waals surface area contributed by atoms with Crippen LogP contribution in [0.15, 0.2) is 30.3 Å². The molecule has 2 aliphatic heterocycles. The summed E-state index contributed by atoms with van der Waals surface area (Å²) >= 11 is 0. The highest BCUT2D eigenvalue weighted by molar-refractivity contribution is 5.67. The standard InChI is InChI=1S/C21H30O5/c22-17(13-18(23)14-20(24)25)8-10-21-11-9-19(26-21)12-16(21)7-6-15-4-2-1-3-5-15/h1-5,16-19,22-23H,6-14H2,(H,24,25)/t16-,17-,18-,19-,21+/m1/s1. The molecule has 0 saturated carbocycles. The lowest BCUT2D eigenvalue weighted by Crippen LogP contribution is -2.35. The first-order valence-electron chi connectivity index (χ1n) is 9.76. The van der Waals surface area contributed by atoms with E-state index in [0.717, 1.165) is 38.5 Å². The van der Waals surface area contributed by atoms with Crippen LogP contribution < -0.4 is 0 Å². The van der Waals surface area contributed by atoms with Crippen LogP contribution in [0.1, 0.15) is 56.9 Å². The molecule has 2 fully saturated rings. The molecule has 1 aromatic rings. The second-order valence-corrected chi connectivity index (χ2v) is 7.98. The van der Waals surface area contributed by atoms with Crippen molar-refractivity contribution in [3.8, 4) is 0 Å². The molecular formula is C21H30O5. The van der Waals surface area contributed by atoms with Crippen LogP contribution in [0.5, 0.6) is 0 Å². The first-order valence-corrected chi connectivity index (χ1v) is 9.76. The maximum absolute atomic E-state index is 10.6. The maximum Gasteiger partial charge on any atom is 0.305 e. The lowest BCUT2D eigenvalue weighted by molar-refractivity contribution is -0.139. The normalized spacial score (nSPS) is 29.6. The largest absolute Gasteiger partial charge is 0.481 e. The van der Waals surface area contributed by atoms with Crippen LogP contribution in [0.3, 0.4) is 0 Å². The number of benzene rings is 1. The summed E-state index contributed by atoms with van der Waals surface area (Å²) in [4.78, 5) is 10.6. The zero-order valence-corrected chi connectivity index (χ0v) is 15.2. The van der Waals surface area contributed by atoms with E-state index in [1.807, 2.05) is 6.07 Å². The molecule has 144 valence electrons. The Bertz CT molecular complexity index is 589. The average Bonchev–Trinajstić information content (AvgIpc) is 3.17. The van der Waals surface area contributed by atoms with E-state index in [1.165, 1.54) is 5.56 Å². The molecular weight excluding hydrogens is 332 g/mol. The number of ether oxygens (including phenoxy) is 1. The number of carbonyl (C=O) groups is 1. The predicted molar refractivity (Wildman–Crippen MR) is 97.8 cm³/mol.